The van der Waals surface area contributed by atoms with Crippen molar-refractivity contribution in [2.45, 2.75) is 51.6 Å². The Balaban J connectivity index is 1.59. The maximum atomic E-state index is 12.6. The molecule has 1 fully saturated rings. The van der Waals surface area contributed by atoms with Crippen LogP contribution in [0.5, 0.6) is 0 Å². The Kier molecular flexibility index (Phi) is 6.28. The highest BCUT2D eigenvalue weighted by atomic mass is 16.5. The average molecular weight is 409 g/mol. The quantitative estimate of drug-likeness (QED) is 0.579. The van der Waals surface area contributed by atoms with Crippen LogP contribution in [-0.4, -0.2) is 44.7 Å². The Morgan fingerprint density at radius 3 is 2.77 bits per heavy atom. The molecule has 1 aromatic carbocycles. The van der Waals surface area contributed by atoms with E-state index in [1.165, 1.54) is 42.0 Å². The number of aromatic nitrogens is 3. The number of benzene rings is 1. The molecule has 1 saturated carbocycles. The van der Waals surface area contributed by atoms with Gasteiger partial charge in [-0.25, -0.2) is 14.3 Å². The first-order valence-corrected chi connectivity index (χ1v) is 10.7. The second-order valence-corrected chi connectivity index (χ2v) is 7.80. The normalized spacial score (nSPS) is 14.6. The van der Waals surface area contributed by atoms with E-state index in [1.54, 1.807) is 13.0 Å². The molecule has 3 aromatic rings. The van der Waals surface area contributed by atoms with Crippen molar-refractivity contribution in [3.63, 3.8) is 0 Å². The van der Waals surface area contributed by atoms with Crippen LogP contribution in [-0.2, 0) is 17.7 Å². The fraction of sp³-hybridized carbons (Fsp3) is 0.435. The molecule has 0 radical (unpaired) electrons. The summed E-state index contributed by atoms with van der Waals surface area (Å²) in [5, 5.41) is 2.81. The molecule has 7 nitrogen and oxygen atoms in total. The number of aromatic amines is 1. The first-order chi connectivity index (χ1) is 14.7. The maximum absolute atomic E-state index is 12.6. The minimum absolute atomic E-state index is 0.222. The van der Waals surface area contributed by atoms with Crippen LogP contribution in [0, 0.1) is 0 Å². The Morgan fingerprint density at radius 1 is 1.27 bits per heavy atom. The SMILES string of the molecule is CCOC(=O)c1c[nH]n2c(=O)cc(CN(CCc3ccccc3)C3CCCC3)nc12. The van der Waals surface area contributed by atoms with Crippen molar-refractivity contribution in [2.75, 3.05) is 13.2 Å². The van der Waals surface area contributed by atoms with Gasteiger partial charge in [-0.05, 0) is 31.7 Å². The van der Waals surface area contributed by atoms with E-state index < -0.39 is 5.97 Å². The first kappa shape index (κ1) is 20.3. The largest absolute Gasteiger partial charge is 0.462 e. The van der Waals surface area contributed by atoms with Crippen molar-refractivity contribution < 1.29 is 9.53 Å². The summed E-state index contributed by atoms with van der Waals surface area (Å²) in [6.45, 7) is 3.53. The lowest BCUT2D eigenvalue weighted by atomic mass is 10.1. The molecule has 0 aliphatic heterocycles. The third kappa shape index (κ3) is 4.46. The maximum Gasteiger partial charge on any atom is 0.343 e. The number of carbonyl (C=O) groups is 1. The standard InChI is InChI=1S/C23H28N4O3/c1-2-30-23(29)20-15-24-27-21(28)14-18(25-22(20)27)16-26(19-10-6-7-11-19)13-12-17-8-4-3-5-9-17/h3-5,8-9,14-15,19,24H,2,6-7,10-13,16H2,1H3. The molecule has 2 heterocycles. The van der Waals surface area contributed by atoms with Gasteiger partial charge in [0, 0.05) is 31.4 Å². The number of esters is 1. The van der Waals surface area contributed by atoms with Gasteiger partial charge in [0.15, 0.2) is 5.65 Å². The molecule has 4 rings (SSSR count). The lowest BCUT2D eigenvalue weighted by Crippen LogP contribution is -2.35. The van der Waals surface area contributed by atoms with Gasteiger partial charge in [-0.1, -0.05) is 43.2 Å². The molecule has 30 heavy (non-hydrogen) atoms. The van der Waals surface area contributed by atoms with Gasteiger partial charge in [0.2, 0.25) is 0 Å². The smallest absolute Gasteiger partial charge is 0.343 e. The number of fused-ring (bicyclic) bond motifs is 1. The Labute approximate surface area is 175 Å². The third-order valence-electron chi connectivity index (χ3n) is 5.78. The average Bonchev–Trinajstić information content (AvgIpc) is 3.42. The Bertz CT molecular complexity index is 1050. The molecule has 1 aliphatic rings. The van der Waals surface area contributed by atoms with Crippen LogP contribution in [0.1, 0.15) is 54.2 Å². The number of hydrogen-bond donors (Lipinski definition) is 1. The number of carbonyl (C=O) groups excluding carboxylic acids is 1. The van der Waals surface area contributed by atoms with Crippen molar-refractivity contribution in [2.24, 2.45) is 0 Å². The second-order valence-electron chi connectivity index (χ2n) is 7.80. The summed E-state index contributed by atoms with van der Waals surface area (Å²) in [6, 6.07) is 12.5. The molecule has 0 unspecified atom stereocenters. The highest BCUT2D eigenvalue weighted by Gasteiger charge is 2.24. The number of H-pyrrole nitrogens is 1. The molecular formula is C23H28N4O3. The van der Waals surface area contributed by atoms with Crippen LogP contribution in [0.3, 0.4) is 0 Å². The zero-order valence-corrected chi connectivity index (χ0v) is 17.3. The number of nitrogens with one attached hydrogen (secondary N) is 1. The Morgan fingerprint density at radius 2 is 2.03 bits per heavy atom. The third-order valence-corrected chi connectivity index (χ3v) is 5.78. The monoisotopic (exact) mass is 408 g/mol. The van der Waals surface area contributed by atoms with Gasteiger partial charge >= 0.3 is 5.97 Å². The van der Waals surface area contributed by atoms with E-state index in [2.05, 4.69) is 39.2 Å². The number of ether oxygens (including phenoxy) is 1. The molecular weight excluding hydrogens is 380 g/mol. The highest BCUT2D eigenvalue weighted by molar-refractivity contribution is 5.95. The summed E-state index contributed by atoms with van der Waals surface area (Å²) < 4.78 is 6.39. The van der Waals surface area contributed by atoms with Crippen LogP contribution in [0.4, 0.5) is 0 Å². The molecule has 1 aliphatic carbocycles. The first-order valence-electron chi connectivity index (χ1n) is 10.7. The van der Waals surface area contributed by atoms with E-state index in [0.717, 1.165) is 13.0 Å². The highest BCUT2D eigenvalue weighted by Crippen LogP contribution is 2.25. The van der Waals surface area contributed by atoms with Gasteiger partial charge in [-0.15, -0.1) is 0 Å². The molecule has 158 valence electrons. The molecule has 2 aromatic heterocycles. The van der Waals surface area contributed by atoms with Gasteiger partial charge in [-0.2, -0.15) is 0 Å². The predicted molar refractivity (Wildman–Crippen MR) is 115 cm³/mol. The molecule has 0 amide bonds. The lowest BCUT2D eigenvalue weighted by molar-refractivity contribution is 0.0528. The van der Waals surface area contributed by atoms with E-state index in [9.17, 15) is 9.59 Å². The van der Waals surface area contributed by atoms with Gasteiger partial charge < -0.3 is 4.74 Å². The van der Waals surface area contributed by atoms with Crippen molar-refractivity contribution in [3.8, 4) is 0 Å². The summed E-state index contributed by atoms with van der Waals surface area (Å²) in [7, 11) is 0. The summed E-state index contributed by atoms with van der Waals surface area (Å²) in [6.07, 6.45) is 7.27. The van der Waals surface area contributed by atoms with Gasteiger partial charge in [0.1, 0.15) is 5.56 Å². The second kappa shape index (κ2) is 9.26. The van der Waals surface area contributed by atoms with E-state index in [-0.39, 0.29) is 17.7 Å². The predicted octanol–water partition coefficient (Wildman–Crippen LogP) is 3.19. The fourth-order valence-corrected chi connectivity index (χ4v) is 4.25. The fourth-order valence-electron chi connectivity index (χ4n) is 4.25. The van der Waals surface area contributed by atoms with Gasteiger partial charge in [-0.3, -0.25) is 14.8 Å². The molecule has 7 heteroatoms. The van der Waals surface area contributed by atoms with E-state index >= 15 is 0 Å². The number of hydrogen-bond acceptors (Lipinski definition) is 5. The number of rotatable bonds is 8. The van der Waals surface area contributed by atoms with Crippen molar-refractivity contribution >= 4 is 11.6 Å². The topological polar surface area (TPSA) is 79.7 Å². The number of nitrogens with zero attached hydrogens (tertiary/aromatic N) is 3. The summed E-state index contributed by atoms with van der Waals surface area (Å²) in [4.78, 5) is 31.9. The van der Waals surface area contributed by atoms with Gasteiger partial charge in [0.05, 0.1) is 12.3 Å². The van der Waals surface area contributed by atoms with E-state index in [0.29, 0.717) is 23.9 Å². The molecule has 1 N–H and O–H groups in total. The van der Waals surface area contributed by atoms with Gasteiger partial charge in [0.25, 0.3) is 5.56 Å². The molecule has 0 atom stereocenters. The minimum atomic E-state index is -0.475. The van der Waals surface area contributed by atoms with Crippen LogP contribution in [0.25, 0.3) is 5.65 Å². The Hall–Kier alpha value is -2.93. The van der Waals surface area contributed by atoms with Crippen molar-refractivity contribution in [3.05, 3.63) is 69.8 Å². The molecule has 0 bridgehead atoms. The summed E-state index contributed by atoms with van der Waals surface area (Å²) >= 11 is 0. The zero-order chi connectivity index (χ0) is 20.9. The van der Waals surface area contributed by atoms with E-state index in [1.807, 2.05) is 6.07 Å². The van der Waals surface area contributed by atoms with Crippen molar-refractivity contribution in [1.29, 1.82) is 0 Å². The van der Waals surface area contributed by atoms with Crippen LogP contribution in [0.15, 0.2) is 47.4 Å². The van der Waals surface area contributed by atoms with Crippen LogP contribution >= 0.6 is 0 Å². The van der Waals surface area contributed by atoms with Crippen LogP contribution < -0.4 is 5.56 Å². The van der Waals surface area contributed by atoms with Crippen molar-refractivity contribution in [1.82, 2.24) is 19.5 Å². The van der Waals surface area contributed by atoms with Crippen LogP contribution in [0.2, 0.25) is 0 Å². The summed E-state index contributed by atoms with van der Waals surface area (Å²) in [5.74, 6) is -0.475. The van der Waals surface area contributed by atoms with E-state index in [4.69, 9.17) is 4.74 Å². The zero-order valence-electron chi connectivity index (χ0n) is 17.3. The summed E-state index contributed by atoms with van der Waals surface area (Å²) in [5.41, 5.74) is 2.38. The molecule has 0 spiro atoms. The lowest BCUT2D eigenvalue weighted by Gasteiger charge is -2.28. The molecule has 0 saturated heterocycles. The minimum Gasteiger partial charge on any atom is -0.462 e.